The number of nitrogens with one attached hydrogen (secondary N) is 2. The van der Waals surface area contributed by atoms with Crippen LogP contribution in [-0.4, -0.2) is 34.2 Å². The molecule has 0 bridgehead atoms. The largest absolute Gasteiger partial charge is 0.325 e. The third kappa shape index (κ3) is 3.10. The number of carbonyl (C=O) groups is 3. The molecule has 1 saturated heterocycles. The van der Waals surface area contributed by atoms with Crippen molar-refractivity contribution in [1.82, 2.24) is 10.2 Å². The van der Waals surface area contributed by atoms with Gasteiger partial charge in [0.05, 0.1) is 4.92 Å². The molecule has 1 atom stereocenters. The Hall–Kier alpha value is -3.75. The van der Waals surface area contributed by atoms with Gasteiger partial charge in [0, 0.05) is 6.07 Å². The SMILES string of the molecule is O=C(CN1C(=O)N[C@]2(CCCc3ccccc32)C1=O)Nc1ccccc1[N+](=O)[O-]. The number of hydrogen-bond donors (Lipinski definition) is 2. The summed E-state index contributed by atoms with van der Waals surface area (Å²) in [6, 6.07) is 12.5. The zero-order valence-corrected chi connectivity index (χ0v) is 15.4. The summed E-state index contributed by atoms with van der Waals surface area (Å²) in [6.07, 6.45) is 2.01. The monoisotopic (exact) mass is 394 g/mol. The van der Waals surface area contributed by atoms with E-state index < -0.39 is 34.9 Å². The highest BCUT2D eigenvalue weighted by atomic mass is 16.6. The maximum absolute atomic E-state index is 13.2. The van der Waals surface area contributed by atoms with Crippen LogP contribution >= 0.6 is 0 Å². The number of benzene rings is 2. The second-order valence-electron chi connectivity index (χ2n) is 7.06. The Balaban J connectivity index is 1.56. The first-order valence-corrected chi connectivity index (χ1v) is 9.18. The lowest BCUT2D eigenvalue weighted by Crippen LogP contribution is -2.47. The van der Waals surface area contributed by atoms with Crippen LogP contribution in [0.5, 0.6) is 0 Å². The summed E-state index contributed by atoms with van der Waals surface area (Å²) in [5.74, 6) is -1.17. The Morgan fingerprint density at radius 3 is 2.69 bits per heavy atom. The number of aryl methyl sites for hydroxylation is 1. The first kappa shape index (κ1) is 18.6. The minimum atomic E-state index is -1.16. The molecule has 9 nitrogen and oxygen atoms in total. The van der Waals surface area contributed by atoms with Crippen LogP contribution in [0, 0.1) is 10.1 Å². The highest BCUT2D eigenvalue weighted by molar-refractivity contribution is 6.10. The molecule has 1 spiro atoms. The number of fused-ring (bicyclic) bond motifs is 2. The van der Waals surface area contributed by atoms with Crippen molar-refractivity contribution in [3.05, 3.63) is 69.8 Å². The zero-order chi connectivity index (χ0) is 20.6. The van der Waals surface area contributed by atoms with E-state index >= 15 is 0 Å². The minimum absolute atomic E-state index is 0.00674. The van der Waals surface area contributed by atoms with E-state index in [-0.39, 0.29) is 11.4 Å². The normalized spacial score (nSPS) is 20.3. The van der Waals surface area contributed by atoms with Crippen molar-refractivity contribution in [2.24, 2.45) is 0 Å². The maximum atomic E-state index is 13.2. The molecule has 0 saturated carbocycles. The lowest BCUT2D eigenvalue weighted by molar-refractivity contribution is -0.383. The number of carbonyl (C=O) groups excluding carboxylic acids is 3. The van der Waals surface area contributed by atoms with Crippen LogP contribution < -0.4 is 10.6 Å². The average molecular weight is 394 g/mol. The average Bonchev–Trinajstić information content (AvgIpc) is 2.93. The van der Waals surface area contributed by atoms with Crippen molar-refractivity contribution < 1.29 is 19.3 Å². The molecule has 0 aromatic heterocycles. The summed E-state index contributed by atoms with van der Waals surface area (Å²) in [5.41, 5.74) is 0.332. The van der Waals surface area contributed by atoms with E-state index in [1.54, 1.807) is 6.07 Å². The van der Waals surface area contributed by atoms with Gasteiger partial charge in [-0.1, -0.05) is 36.4 Å². The highest BCUT2D eigenvalue weighted by Gasteiger charge is 2.54. The fourth-order valence-electron chi connectivity index (χ4n) is 4.03. The molecule has 2 N–H and O–H groups in total. The molecular weight excluding hydrogens is 376 g/mol. The first-order valence-electron chi connectivity index (χ1n) is 9.18. The summed E-state index contributed by atoms with van der Waals surface area (Å²) in [4.78, 5) is 49.5. The molecular formula is C20H18N4O5. The topological polar surface area (TPSA) is 122 Å². The number of amides is 4. The van der Waals surface area contributed by atoms with E-state index in [1.165, 1.54) is 18.2 Å². The highest BCUT2D eigenvalue weighted by Crippen LogP contribution is 2.39. The van der Waals surface area contributed by atoms with Crippen molar-refractivity contribution in [1.29, 1.82) is 0 Å². The van der Waals surface area contributed by atoms with E-state index in [1.807, 2.05) is 24.3 Å². The third-order valence-electron chi connectivity index (χ3n) is 5.33. The smallest absolute Gasteiger partial charge is 0.319 e. The molecule has 0 radical (unpaired) electrons. The van der Waals surface area contributed by atoms with Gasteiger partial charge >= 0.3 is 6.03 Å². The summed E-state index contributed by atoms with van der Waals surface area (Å²) in [7, 11) is 0. The Bertz CT molecular complexity index is 1040. The lowest BCUT2D eigenvalue weighted by atomic mass is 9.76. The molecule has 9 heteroatoms. The van der Waals surface area contributed by atoms with E-state index in [2.05, 4.69) is 10.6 Å². The molecule has 1 aliphatic heterocycles. The first-order chi connectivity index (χ1) is 13.9. The van der Waals surface area contributed by atoms with E-state index in [0.717, 1.165) is 28.9 Å². The molecule has 1 fully saturated rings. The van der Waals surface area contributed by atoms with E-state index in [9.17, 15) is 24.5 Å². The number of urea groups is 1. The van der Waals surface area contributed by atoms with Crippen LogP contribution in [0.4, 0.5) is 16.2 Å². The third-order valence-corrected chi connectivity index (χ3v) is 5.33. The number of anilines is 1. The number of nitro benzene ring substituents is 1. The van der Waals surface area contributed by atoms with E-state index in [4.69, 9.17) is 0 Å². The van der Waals surface area contributed by atoms with Gasteiger partial charge in [0.1, 0.15) is 17.8 Å². The van der Waals surface area contributed by atoms with Gasteiger partial charge in [-0.15, -0.1) is 0 Å². The van der Waals surface area contributed by atoms with Crippen LogP contribution in [0.25, 0.3) is 0 Å². The number of nitro groups is 1. The molecule has 0 unspecified atom stereocenters. The molecule has 148 valence electrons. The second kappa shape index (κ2) is 7.01. The Morgan fingerprint density at radius 2 is 1.90 bits per heavy atom. The quantitative estimate of drug-likeness (QED) is 0.468. The van der Waals surface area contributed by atoms with Gasteiger partial charge in [0.25, 0.3) is 11.6 Å². The second-order valence-corrected chi connectivity index (χ2v) is 7.06. The van der Waals surface area contributed by atoms with Crippen molar-refractivity contribution >= 4 is 29.2 Å². The van der Waals surface area contributed by atoms with Crippen LogP contribution in [0.15, 0.2) is 48.5 Å². The van der Waals surface area contributed by atoms with Gasteiger partial charge < -0.3 is 10.6 Å². The van der Waals surface area contributed by atoms with Crippen molar-refractivity contribution in [2.45, 2.75) is 24.8 Å². The van der Waals surface area contributed by atoms with Gasteiger partial charge in [-0.25, -0.2) is 4.79 Å². The Labute approximate surface area is 165 Å². The van der Waals surface area contributed by atoms with Crippen LogP contribution in [0.1, 0.15) is 24.0 Å². The van der Waals surface area contributed by atoms with Crippen molar-refractivity contribution in [3.8, 4) is 0 Å². The molecule has 2 aromatic carbocycles. The maximum Gasteiger partial charge on any atom is 0.325 e. The van der Waals surface area contributed by atoms with Crippen LogP contribution in [-0.2, 0) is 21.5 Å². The Morgan fingerprint density at radius 1 is 1.17 bits per heavy atom. The summed E-state index contributed by atoms with van der Waals surface area (Å²) < 4.78 is 0. The summed E-state index contributed by atoms with van der Waals surface area (Å²) in [5, 5.41) is 16.3. The predicted octanol–water partition coefficient (Wildman–Crippen LogP) is 2.32. The summed E-state index contributed by atoms with van der Waals surface area (Å²) in [6.45, 7) is -0.527. The predicted molar refractivity (Wildman–Crippen MR) is 103 cm³/mol. The molecule has 2 aromatic rings. The molecule has 2 aliphatic rings. The fourth-order valence-corrected chi connectivity index (χ4v) is 4.03. The van der Waals surface area contributed by atoms with Crippen LogP contribution in [0.3, 0.4) is 0 Å². The van der Waals surface area contributed by atoms with Gasteiger partial charge in [-0.05, 0) is 36.5 Å². The molecule has 4 rings (SSSR count). The van der Waals surface area contributed by atoms with Gasteiger partial charge in [-0.3, -0.25) is 24.6 Å². The molecule has 29 heavy (non-hydrogen) atoms. The molecule has 4 amide bonds. The number of rotatable bonds is 4. The van der Waals surface area contributed by atoms with E-state index in [0.29, 0.717) is 6.42 Å². The summed E-state index contributed by atoms with van der Waals surface area (Å²) >= 11 is 0. The van der Waals surface area contributed by atoms with Gasteiger partial charge in [-0.2, -0.15) is 0 Å². The number of hydrogen-bond acceptors (Lipinski definition) is 5. The van der Waals surface area contributed by atoms with Gasteiger partial charge in [0.2, 0.25) is 5.91 Å². The fraction of sp³-hybridized carbons (Fsp3) is 0.250. The lowest BCUT2D eigenvalue weighted by Gasteiger charge is -2.33. The van der Waals surface area contributed by atoms with Crippen molar-refractivity contribution in [3.63, 3.8) is 0 Å². The molecule has 1 aliphatic carbocycles. The molecule has 1 heterocycles. The van der Waals surface area contributed by atoms with Gasteiger partial charge in [0.15, 0.2) is 0 Å². The van der Waals surface area contributed by atoms with Crippen molar-refractivity contribution in [2.75, 3.05) is 11.9 Å². The van der Waals surface area contributed by atoms with Crippen LogP contribution in [0.2, 0.25) is 0 Å². The Kier molecular flexibility index (Phi) is 4.50. The zero-order valence-electron chi connectivity index (χ0n) is 15.4. The number of para-hydroxylation sites is 2. The number of nitrogens with zero attached hydrogens (tertiary/aromatic N) is 2. The standard InChI is InChI=1S/C20H18N4O5/c25-17(21-15-9-3-4-10-16(15)24(28)29)12-23-18(26)20(22-19(23)27)11-5-7-13-6-1-2-8-14(13)20/h1-4,6,8-10H,5,7,11-12H2,(H,21,25)(H,22,27)/t20-/m0/s1. The minimum Gasteiger partial charge on any atom is -0.319 e. The number of imide groups is 1.